The van der Waals surface area contributed by atoms with Crippen LogP contribution < -0.4 is 10.1 Å². The maximum Gasteiger partial charge on any atom is 0.119 e. The second-order valence-corrected chi connectivity index (χ2v) is 5.06. The van der Waals surface area contributed by atoms with Crippen LogP contribution in [0.2, 0.25) is 0 Å². The van der Waals surface area contributed by atoms with Gasteiger partial charge in [0.15, 0.2) is 0 Å². The van der Waals surface area contributed by atoms with E-state index < -0.39 is 0 Å². The fourth-order valence-electron chi connectivity index (χ4n) is 1.40. The zero-order valence-corrected chi connectivity index (χ0v) is 11.8. The lowest BCUT2D eigenvalue weighted by Crippen LogP contribution is -2.35. The third kappa shape index (κ3) is 5.25. The van der Waals surface area contributed by atoms with Gasteiger partial charge in [-0.2, -0.15) is 0 Å². The zero-order valence-electron chi connectivity index (χ0n) is 10.2. The Morgan fingerprint density at radius 2 is 2.00 bits per heavy atom. The van der Waals surface area contributed by atoms with Gasteiger partial charge in [0.05, 0.1) is 6.04 Å². The van der Waals surface area contributed by atoms with Gasteiger partial charge in [-0.1, -0.05) is 35.7 Å². The first kappa shape index (κ1) is 14.1. The fraction of sp³-hybridized carbons (Fsp3) is 0.429. The van der Waals surface area contributed by atoms with Crippen LogP contribution >= 0.6 is 15.9 Å². The number of rotatable bonds is 6. The number of halogens is 1. The van der Waals surface area contributed by atoms with Gasteiger partial charge in [-0.25, -0.2) is 0 Å². The van der Waals surface area contributed by atoms with Crippen molar-refractivity contribution in [3.8, 4) is 18.1 Å². The molecule has 0 heterocycles. The summed E-state index contributed by atoms with van der Waals surface area (Å²) in [6, 6.07) is 7.90. The first-order chi connectivity index (χ1) is 8.13. The topological polar surface area (TPSA) is 21.3 Å². The summed E-state index contributed by atoms with van der Waals surface area (Å²) in [5, 5.41) is 3.28. The van der Waals surface area contributed by atoms with E-state index in [0.29, 0.717) is 12.5 Å². The first-order valence-electron chi connectivity index (χ1n) is 5.71. The van der Waals surface area contributed by atoms with Crippen molar-refractivity contribution in [1.29, 1.82) is 0 Å². The highest BCUT2D eigenvalue weighted by Gasteiger charge is 2.07. The maximum absolute atomic E-state index is 5.58. The van der Waals surface area contributed by atoms with E-state index >= 15 is 0 Å². The van der Waals surface area contributed by atoms with Crippen LogP contribution in [-0.4, -0.2) is 19.2 Å². The van der Waals surface area contributed by atoms with Crippen LogP contribution in [0.15, 0.2) is 28.7 Å². The van der Waals surface area contributed by atoms with Gasteiger partial charge in [0, 0.05) is 11.0 Å². The molecule has 2 nitrogen and oxygen atoms in total. The number of terminal acetylenes is 1. The highest BCUT2D eigenvalue weighted by atomic mass is 79.9. The summed E-state index contributed by atoms with van der Waals surface area (Å²) in [7, 11) is 0. The summed E-state index contributed by atoms with van der Waals surface area (Å²) in [6.45, 7) is 5.58. The molecule has 0 saturated heterocycles. The molecular formula is C14H18BrNO. The summed E-state index contributed by atoms with van der Waals surface area (Å²) in [5.74, 6) is 4.04. The average molecular weight is 296 g/mol. The van der Waals surface area contributed by atoms with Gasteiger partial charge in [0.2, 0.25) is 0 Å². The molecule has 0 bridgehead atoms. The number of hydrogen-bond acceptors (Lipinski definition) is 2. The summed E-state index contributed by atoms with van der Waals surface area (Å²) < 4.78 is 6.63. The molecule has 1 atom stereocenters. The van der Waals surface area contributed by atoms with Gasteiger partial charge in [-0.15, -0.1) is 6.42 Å². The monoisotopic (exact) mass is 295 g/mol. The molecule has 1 rings (SSSR count). The quantitative estimate of drug-likeness (QED) is 0.643. The van der Waals surface area contributed by atoms with Crippen LogP contribution in [0.4, 0.5) is 0 Å². The second-order valence-electron chi connectivity index (χ2n) is 4.14. The molecule has 0 spiro atoms. The summed E-state index contributed by atoms with van der Waals surface area (Å²) in [6.07, 6.45) is 5.43. The van der Waals surface area contributed by atoms with Gasteiger partial charge < -0.3 is 10.1 Å². The Hall–Kier alpha value is -0.980. The summed E-state index contributed by atoms with van der Waals surface area (Å²) >= 11 is 3.38. The number of ether oxygens (including phenoxy) is 1. The summed E-state index contributed by atoms with van der Waals surface area (Å²) in [5.41, 5.74) is 0. The molecular weight excluding hydrogens is 278 g/mol. The highest BCUT2D eigenvalue weighted by Crippen LogP contribution is 2.15. The SMILES string of the molecule is C#CC(NCCOc1ccc(Br)cc1)C(C)C. The van der Waals surface area contributed by atoms with Crippen LogP contribution in [0.1, 0.15) is 13.8 Å². The predicted octanol–water partition coefficient (Wildman–Crippen LogP) is 3.08. The average Bonchev–Trinajstić information content (AvgIpc) is 2.31. The largest absolute Gasteiger partial charge is 0.492 e. The molecule has 0 amide bonds. The lowest BCUT2D eigenvalue weighted by Gasteiger charge is -2.16. The van der Waals surface area contributed by atoms with Crippen LogP contribution in [0.5, 0.6) is 5.75 Å². The van der Waals surface area contributed by atoms with Crippen molar-refractivity contribution < 1.29 is 4.74 Å². The molecule has 0 aliphatic heterocycles. The molecule has 1 unspecified atom stereocenters. The summed E-state index contributed by atoms with van der Waals surface area (Å²) in [4.78, 5) is 0. The Morgan fingerprint density at radius 3 is 2.53 bits per heavy atom. The van der Waals surface area contributed by atoms with Crippen molar-refractivity contribution in [2.45, 2.75) is 19.9 Å². The minimum atomic E-state index is 0.114. The van der Waals surface area contributed by atoms with E-state index in [1.807, 2.05) is 24.3 Å². The van der Waals surface area contributed by atoms with Crippen molar-refractivity contribution >= 4 is 15.9 Å². The van der Waals surface area contributed by atoms with Gasteiger partial charge in [0.1, 0.15) is 12.4 Å². The number of hydrogen-bond donors (Lipinski definition) is 1. The Bertz CT molecular complexity index is 367. The van der Waals surface area contributed by atoms with E-state index in [1.54, 1.807) is 0 Å². The molecule has 3 heteroatoms. The van der Waals surface area contributed by atoms with E-state index in [9.17, 15) is 0 Å². The van der Waals surface area contributed by atoms with Crippen LogP contribution in [0.25, 0.3) is 0 Å². The molecule has 0 radical (unpaired) electrons. The van der Waals surface area contributed by atoms with Crippen molar-refractivity contribution in [3.05, 3.63) is 28.7 Å². The normalized spacial score (nSPS) is 12.2. The number of benzene rings is 1. The van der Waals surface area contributed by atoms with Crippen molar-refractivity contribution in [2.24, 2.45) is 5.92 Å². The third-order valence-electron chi connectivity index (χ3n) is 2.39. The molecule has 17 heavy (non-hydrogen) atoms. The molecule has 1 aromatic rings. The molecule has 0 fully saturated rings. The van der Waals surface area contributed by atoms with Crippen LogP contribution in [-0.2, 0) is 0 Å². The fourth-order valence-corrected chi connectivity index (χ4v) is 1.67. The molecule has 0 aromatic heterocycles. The van der Waals surface area contributed by atoms with Gasteiger partial charge in [0.25, 0.3) is 0 Å². The molecule has 1 aromatic carbocycles. The molecule has 0 aliphatic carbocycles. The van der Waals surface area contributed by atoms with Crippen molar-refractivity contribution in [1.82, 2.24) is 5.32 Å². The lowest BCUT2D eigenvalue weighted by molar-refractivity contribution is 0.304. The zero-order chi connectivity index (χ0) is 12.7. The Morgan fingerprint density at radius 1 is 1.35 bits per heavy atom. The van der Waals surface area contributed by atoms with Crippen LogP contribution in [0.3, 0.4) is 0 Å². The van der Waals surface area contributed by atoms with Gasteiger partial charge in [-0.05, 0) is 30.2 Å². The molecule has 92 valence electrons. The number of nitrogens with one attached hydrogen (secondary N) is 1. The Labute approximate surface area is 112 Å². The predicted molar refractivity (Wildman–Crippen MR) is 75.1 cm³/mol. The minimum absolute atomic E-state index is 0.114. The van der Waals surface area contributed by atoms with E-state index in [4.69, 9.17) is 11.2 Å². The third-order valence-corrected chi connectivity index (χ3v) is 2.92. The second kappa shape index (κ2) is 7.37. The molecule has 0 saturated carbocycles. The smallest absolute Gasteiger partial charge is 0.119 e. The van der Waals surface area contributed by atoms with E-state index in [2.05, 4.69) is 41.0 Å². The van der Waals surface area contributed by atoms with E-state index in [0.717, 1.165) is 16.8 Å². The molecule has 1 N–H and O–H groups in total. The minimum Gasteiger partial charge on any atom is -0.492 e. The highest BCUT2D eigenvalue weighted by molar-refractivity contribution is 9.10. The maximum atomic E-state index is 5.58. The van der Waals surface area contributed by atoms with Crippen molar-refractivity contribution in [3.63, 3.8) is 0 Å². The first-order valence-corrected chi connectivity index (χ1v) is 6.50. The van der Waals surface area contributed by atoms with E-state index in [-0.39, 0.29) is 6.04 Å². The van der Waals surface area contributed by atoms with Gasteiger partial charge >= 0.3 is 0 Å². The van der Waals surface area contributed by atoms with E-state index in [1.165, 1.54) is 0 Å². The van der Waals surface area contributed by atoms with Crippen LogP contribution in [0, 0.1) is 18.3 Å². The van der Waals surface area contributed by atoms with Gasteiger partial charge in [-0.3, -0.25) is 0 Å². The molecule has 0 aliphatic rings. The lowest BCUT2D eigenvalue weighted by atomic mass is 10.1. The Kier molecular flexibility index (Phi) is 6.10. The Balaban J connectivity index is 2.24. The van der Waals surface area contributed by atoms with Crippen molar-refractivity contribution in [2.75, 3.05) is 13.2 Å². The standard InChI is InChI=1S/C14H18BrNO/c1-4-14(11(2)3)16-9-10-17-13-7-5-12(15)6-8-13/h1,5-8,11,14,16H,9-10H2,2-3H3.